The minimum absolute atomic E-state index is 0.718. The summed E-state index contributed by atoms with van der Waals surface area (Å²) in [5, 5.41) is 6.92. The van der Waals surface area contributed by atoms with Gasteiger partial charge in [0.2, 0.25) is 0 Å². The number of nitrogens with one attached hydrogen (secondary N) is 1. The van der Waals surface area contributed by atoms with E-state index < -0.39 is 0 Å². The fourth-order valence-electron chi connectivity index (χ4n) is 0.665. The largest absolute Gasteiger partial charge is 0.308 e. The van der Waals surface area contributed by atoms with Gasteiger partial charge in [-0.05, 0) is 31.7 Å². The second-order valence-electron chi connectivity index (χ2n) is 2.11. The van der Waals surface area contributed by atoms with Crippen molar-refractivity contribution >= 4 is 12.9 Å². The summed E-state index contributed by atoms with van der Waals surface area (Å²) in [7, 11) is 0. The van der Waals surface area contributed by atoms with Gasteiger partial charge >= 0.3 is 0 Å². The standard InChI is InChI=1S/C8H12N2.C2H4/c1-6(2)8(10-4)7(3)5-9;1-2/h5,9H,1,4H2,2-3H3;1-2H2/b8-7+,9-5?;. The Kier molecular flexibility index (Phi) is 8.41. The highest BCUT2D eigenvalue weighted by Crippen LogP contribution is 2.11. The lowest BCUT2D eigenvalue weighted by atomic mass is 10.1. The highest BCUT2D eigenvalue weighted by molar-refractivity contribution is 5.77. The van der Waals surface area contributed by atoms with Crippen molar-refractivity contribution in [1.29, 1.82) is 5.41 Å². The topological polar surface area (TPSA) is 36.2 Å². The molecule has 2 nitrogen and oxygen atoms in total. The molecule has 12 heavy (non-hydrogen) atoms. The van der Waals surface area contributed by atoms with E-state index in [0.717, 1.165) is 16.8 Å². The molecular weight excluding hydrogens is 148 g/mol. The molecule has 0 unspecified atom stereocenters. The van der Waals surface area contributed by atoms with E-state index in [1.165, 1.54) is 6.21 Å². The van der Waals surface area contributed by atoms with Gasteiger partial charge in [-0.3, -0.25) is 4.99 Å². The minimum Gasteiger partial charge on any atom is -0.308 e. The van der Waals surface area contributed by atoms with E-state index in [1.807, 2.05) is 13.8 Å². The molecule has 0 saturated heterocycles. The average Bonchev–Trinajstić information content (AvgIpc) is 2.08. The average molecular weight is 164 g/mol. The molecule has 1 N–H and O–H groups in total. The zero-order valence-corrected chi connectivity index (χ0v) is 7.85. The van der Waals surface area contributed by atoms with Gasteiger partial charge < -0.3 is 5.41 Å². The maximum atomic E-state index is 6.92. The van der Waals surface area contributed by atoms with Crippen LogP contribution in [-0.2, 0) is 0 Å². The zero-order chi connectivity index (χ0) is 10.1. The number of aliphatic imine (C=N–C) groups is 1. The number of rotatable bonds is 3. The van der Waals surface area contributed by atoms with Crippen molar-refractivity contribution in [3.05, 3.63) is 36.6 Å². The summed E-state index contributed by atoms with van der Waals surface area (Å²) in [6.07, 6.45) is 1.25. The van der Waals surface area contributed by atoms with Crippen LogP contribution in [0, 0.1) is 5.41 Å². The van der Waals surface area contributed by atoms with E-state index in [0.29, 0.717) is 0 Å². The molecular formula is C10H16N2. The van der Waals surface area contributed by atoms with Crippen LogP contribution in [0.1, 0.15) is 13.8 Å². The second-order valence-corrected chi connectivity index (χ2v) is 2.11. The fourth-order valence-corrected chi connectivity index (χ4v) is 0.665. The summed E-state index contributed by atoms with van der Waals surface area (Å²) in [5.41, 5.74) is 2.36. The Hall–Kier alpha value is -1.44. The lowest BCUT2D eigenvalue weighted by molar-refractivity contribution is 1.26. The number of allylic oxidation sites excluding steroid dienone is 2. The SMILES string of the molecule is C=C.C=N/C(C(=C)C)=C(\C)C=N. The molecule has 0 saturated carbocycles. The van der Waals surface area contributed by atoms with E-state index in [2.05, 4.69) is 31.4 Å². The van der Waals surface area contributed by atoms with Crippen molar-refractivity contribution in [2.75, 3.05) is 0 Å². The third-order valence-corrected chi connectivity index (χ3v) is 1.15. The van der Waals surface area contributed by atoms with Crippen molar-refractivity contribution in [3.63, 3.8) is 0 Å². The van der Waals surface area contributed by atoms with Crippen LogP contribution in [0.5, 0.6) is 0 Å². The zero-order valence-electron chi connectivity index (χ0n) is 7.85. The molecule has 0 aromatic carbocycles. The van der Waals surface area contributed by atoms with E-state index in [9.17, 15) is 0 Å². The molecule has 66 valence electrons. The molecule has 0 aromatic rings. The third-order valence-electron chi connectivity index (χ3n) is 1.15. The predicted molar refractivity (Wildman–Crippen MR) is 57.1 cm³/mol. The molecule has 0 atom stereocenters. The molecule has 0 aliphatic carbocycles. The van der Waals surface area contributed by atoms with Gasteiger partial charge in [-0.1, -0.05) is 6.58 Å². The van der Waals surface area contributed by atoms with Gasteiger partial charge in [-0.2, -0.15) is 0 Å². The van der Waals surface area contributed by atoms with Crippen molar-refractivity contribution in [2.45, 2.75) is 13.8 Å². The normalized spacial score (nSPS) is 10.2. The van der Waals surface area contributed by atoms with Gasteiger partial charge in [-0.15, -0.1) is 13.2 Å². The van der Waals surface area contributed by atoms with Crippen LogP contribution < -0.4 is 0 Å². The van der Waals surface area contributed by atoms with Crippen molar-refractivity contribution in [2.24, 2.45) is 4.99 Å². The second kappa shape index (κ2) is 7.66. The van der Waals surface area contributed by atoms with Crippen molar-refractivity contribution in [3.8, 4) is 0 Å². The molecule has 2 heteroatoms. The Morgan fingerprint density at radius 3 is 1.83 bits per heavy atom. The Labute approximate surface area is 74.5 Å². The van der Waals surface area contributed by atoms with E-state index in [1.54, 1.807) is 0 Å². The number of hydrogen-bond donors (Lipinski definition) is 1. The van der Waals surface area contributed by atoms with Crippen LogP contribution in [0.3, 0.4) is 0 Å². The number of nitrogens with zero attached hydrogens (tertiary/aromatic N) is 1. The first-order chi connectivity index (χ1) is 5.63. The third kappa shape index (κ3) is 4.39. The van der Waals surface area contributed by atoms with Crippen LogP contribution in [-0.4, -0.2) is 12.9 Å². The van der Waals surface area contributed by atoms with Crippen LogP contribution in [0.15, 0.2) is 41.6 Å². The van der Waals surface area contributed by atoms with E-state index in [-0.39, 0.29) is 0 Å². The highest BCUT2D eigenvalue weighted by Gasteiger charge is 1.96. The van der Waals surface area contributed by atoms with Crippen molar-refractivity contribution in [1.82, 2.24) is 0 Å². The fraction of sp³-hybridized carbons (Fsp3) is 0.200. The smallest absolute Gasteiger partial charge is 0.0689 e. The summed E-state index contributed by atoms with van der Waals surface area (Å²) >= 11 is 0. The van der Waals surface area contributed by atoms with Gasteiger partial charge in [0, 0.05) is 6.21 Å². The van der Waals surface area contributed by atoms with Crippen LogP contribution >= 0.6 is 0 Å². The molecule has 0 aromatic heterocycles. The first-order valence-electron chi connectivity index (χ1n) is 3.47. The Morgan fingerprint density at radius 2 is 1.75 bits per heavy atom. The molecule has 0 amide bonds. The maximum absolute atomic E-state index is 6.92. The molecule has 0 spiro atoms. The monoisotopic (exact) mass is 164 g/mol. The quantitative estimate of drug-likeness (QED) is 0.378. The first kappa shape index (κ1) is 13.2. The van der Waals surface area contributed by atoms with Crippen LogP contribution in [0.2, 0.25) is 0 Å². The molecule has 0 aliphatic heterocycles. The van der Waals surface area contributed by atoms with Gasteiger partial charge in [-0.25, -0.2) is 0 Å². The van der Waals surface area contributed by atoms with Crippen LogP contribution in [0.25, 0.3) is 0 Å². The highest BCUT2D eigenvalue weighted by atomic mass is 14.7. The van der Waals surface area contributed by atoms with Gasteiger partial charge in [0.15, 0.2) is 0 Å². The predicted octanol–water partition coefficient (Wildman–Crippen LogP) is 2.99. The molecule has 0 fully saturated rings. The maximum Gasteiger partial charge on any atom is 0.0689 e. The Morgan fingerprint density at radius 1 is 1.33 bits per heavy atom. The van der Waals surface area contributed by atoms with Gasteiger partial charge in [0.25, 0.3) is 0 Å². The summed E-state index contributed by atoms with van der Waals surface area (Å²) in [6.45, 7) is 16.7. The molecule has 0 heterocycles. The lowest BCUT2D eigenvalue weighted by Gasteiger charge is -2.00. The Balaban J connectivity index is 0. The molecule has 0 aliphatic rings. The van der Waals surface area contributed by atoms with Gasteiger partial charge in [0.05, 0.1) is 5.70 Å². The summed E-state index contributed by atoms with van der Waals surface area (Å²) in [6, 6.07) is 0. The summed E-state index contributed by atoms with van der Waals surface area (Å²) in [4.78, 5) is 3.74. The van der Waals surface area contributed by atoms with Crippen molar-refractivity contribution < 1.29 is 0 Å². The summed E-state index contributed by atoms with van der Waals surface area (Å²) < 4.78 is 0. The molecule has 0 radical (unpaired) electrons. The summed E-state index contributed by atoms with van der Waals surface area (Å²) in [5.74, 6) is 0. The van der Waals surface area contributed by atoms with Crippen LogP contribution in [0.4, 0.5) is 0 Å². The minimum atomic E-state index is 0.718. The first-order valence-corrected chi connectivity index (χ1v) is 3.47. The Bertz CT molecular complexity index is 212. The lowest BCUT2D eigenvalue weighted by Crippen LogP contribution is -1.86. The molecule has 0 bridgehead atoms. The van der Waals surface area contributed by atoms with E-state index >= 15 is 0 Å². The van der Waals surface area contributed by atoms with E-state index in [4.69, 9.17) is 5.41 Å². The molecule has 0 rings (SSSR count). The number of hydrogen-bond acceptors (Lipinski definition) is 2. The van der Waals surface area contributed by atoms with Gasteiger partial charge in [0.1, 0.15) is 0 Å².